The fourth-order valence-corrected chi connectivity index (χ4v) is 3.52. The molecule has 6 nitrogen and oxygen atoms in total. The molecule has 26 heavy (non-hydrogen) atoms. The molecule has 3 atom stereocenters. The molecule has 142 valence electrons. The number of ether oxygens (including phenoxy) is 1. The van der Waals surface area contributed by atoms with E-state index >= 15 is 0 Å². The lowest BCUT2D eigenvalue weighted by Gasteiger charge is -2.34. The van der Waals surface area contributed by atoms with E-state index in [1.165, 1.54) is 0 Å². The minimum absolute atomic E-state index is 0.0761. The number of benzene rings is 1. The fourth-order valence-electron chi connectivity index (χ4n) is 3.52. The number of likely N-dealkylation sites (N-methyl/N-ethyl adjacent to an activating group) is 1. The molecule has 0 aromatic heterocycles. The van der Waals surface area contributed by atoms with E-state index in [-0.39, 0.29) is 36.0 Å². The largest absolute Gasteiger partial charge is 0.480 e. The normalized spacial score (nSPS) is 25.4. The van der Waals surface area contributed by atoms with Crippen molar-refractivity contribution in [3.05, 3.63) is 35.4 Å². The summed E-state index contributed by atoms with van der Waals surface area (Å²) in [6, 6.07) is 3.32. The fraction of sp³-hybridized carbons (Fsp3) is 0.556. The molecule has 2 aliphatic rings. The Morgan fingerprint density at radius 1 is 1.38 bits per heavy atom. The first kappa shape index (κ1) is 18.7. The molecule has 3 rings (SSSR count). The van der Waals surface area contributed by atoms with Gasteiger partial charge in [0.05, 0.1) is 19.3 Å². The first-order valence-corrected chi connectivity index (χ1v) is 8.61. The molecule has 1 aliphatic carbocycles. The summed E-state index contributed by atoms with van der Waals surface area (Å²) in [5, 5.41) is 8.81. The maximum Gasteiger partial charge on any atom is 0.317 e. The van der Waals surface area contributed by atoms with Crippen molar-refractivity contribution in [3.8, 4) is 0 Å². The number of carboxylic acids is 1. The molecule has 0 bridgehead atoms. The highest BCUT2D eigenvalue weighted by Gasteiger charge is 2.47. The van der Waals surface area contributed by atoms with Crippen LogP contribution in [0.2, 0.25) is 0 Å². The Bertz CT molecular complexity index is 700. The molecule has 1 saturated heterocycles. The van der Waals surface area contributed by atoms with Crippen LogP contribution in [0, 0.1) is 17.6 Å². The van der Waals surface area contributed by atoms with Crippen molar-refractivity contribution in [3.63, 3.8) is 0 Å². The van der Waals surface area contributed by atoms with Gasteiger partial charge in [-0.25, -0.2) is 8.78 Å². The lowest BCUT2D eigenvalue weighted by Crippen LogP contribution is -2.50. The Hall–Kier alpha value is -2.06. The number of carbonyl (C=O) groups excluding carboxylic acids is 1. The highest BCUT2D eigenvalue weighted by Crippen LogP contribution is 2.49. The number of nitrogens with zero attached hydrogens (tertiary/aromatic N) is 2. The molecule has 1 saturated carbocycles. The van der Waals surface area contributed by atoms with E-state index in [1.807, 2.05) is 0 Å². The van der Waals surface area contributed by atoms with Crippen LogP contribution in [-0.4, -0.2) is 72.7 Å². The molecular formula is C18H22F2N2O4. The van der Waals surface area contributed by atoms with Crippen LogP contribution < -0.4 is 0 Å². The van der Waals surface area contributed by atoms with Gasteiger partial charge in [-0.3, -0.25) is 14.5 Å². The molecule has 3 unspecified atom stereocenters. The summed E-state index contributed by atoms with van der Waals surface area (Å²) in [6.07, 6.45) is 0.250. The number of hydrogen-bond donors (Lipinski definition) is 1. The number of carboxylic acid groups (broad SMARTS) is 1. The SMILES string of the molecule is CN(CC(=O)O)CC1CN(C(=O)C2CC2c2cc(F)ccc2F)CCO1. The van der Waals surface area contributed by atoms with Crippen LogP contribution in [0.15, 0.2) is 18.2 Å². The lowest BCUT2D eigenvalue weighted by atomic mass is 10.1. The van der Waals surface area contributed by atoms with Gasteiger partial charge in [-0.1, -0.05) is 0 Å². The summed E-state index contributed by atoms with van der Waals surface area (Å²) in [5.41, 5.74) is 0.259. The van der Waals surface area contributed by atoms with Gasteiger partial charge in [-0.15, -0.1) is 0 Å². The van der Waals surface area contributed by atoms with Gasteiger partial charge in [0, 0.05) is 25.6 Å². The van der Waals surface area contributed by atoms with E-state index < -0.39 is 17.6 Å². The Balaban J connectivity index is 1.57. The minimum atomic E-state index is -0.922. The van der Waals surface area contributed by atoms with Crippen molar-refractivity contribution in [2.75, 3.05) is 39.8 Å². The van der Waals surface area contributed by atoms with Crippen molar-refractivity contribution >= 4 is 11.9 Å². The summed E-state index contributed by atoms with van der Waals surface area (Å²) in [4.78, 5) is 26.7. The quantitative estimate of drug-likeness (QED) is 0.820. The standard InChI is InChI=1S/C18H22F2N2O4/c1-21(10-17(23)24)8-12-9-22(4-5-26-12)18(25)15-7-13(15)14-6-11(19)2-3-16(14)20/h2-3,6,12-13,15H,4-5,7-10H2,1H3,(H,23,24). The predicted molar refractivity (Wildman–Crippen MR) is 88.7 cm³/mol. The van der Waals surface area contributed by atoms with Gasteiger partial charge in [-0.05, 0) is 43.1 Å². The van der Waals surface area contributed by atoms with Crippen molar-refractivity contribution in [2.24, 2.45) is 5.92 Å². The van der Waals surface area contributed by atoms with Crippen LogP contribution in [0.1, 0.15) is 17.9 Å². The molecule has 2 fully saturated rings. The number of carbonyl (C=O) groups is 2. The molecule has 1 N–H and O–H groups in total. The molecule has 8 heteroatoms. The number of hydrogen-bond acceptors (Lipinski definition) is 4. The monoisotopic (exact) mass is 368 g/mol. The molecule has 0 radical (unpaired) electrons. The summed E-state index contributed by atoms with van der Waals surface area (Å²) < 4.78 is 32.9. The minimum Gasteiger partial charge on any atom is -0.480 e. The van der Waals surface area contributed by atoms with Gasteiger partial charge in [-0.2, -0.15) is 0 Å². The van der Waals surface area contributed by atoms with E-state index in [0.29, 0.717) is 32.7 Å². The van der Waals surface area contributed by atoms with Crippen molar-refractivity contribution < 1.29 is 28.2 Å². The summed E-state index contributed by atoms with van der Waals surface area (Å²) in [7, 11) is 1.68. The summed E-state index contributed by atoms with van der Waals surface area (Å²) in [5.74, 6) is -2.60. The summed E-state index contributed by atoms with van der Waals surface area (Å²) in [6.45, 7) is 1.51. The molecule has 1 aromatic rings. The Morgan fingerprint density at radius 3 is 2.88 bits per heavy atom. The van der Waals surface area contributed by atoms with Crippen molar-refractivity contribution in [1.29, 1.82) is 0 Å². The molecule has 1 aromatic carbocycles. The maximum absolute atomic E-state index is 13.9. The van der Waals surface area contributed by atoms with Gasteiger partial charge in [0.25, 0.3) is 0 Å². The van der Waals surface area contributed by atoms with Crippen LogP contribution in [-0.2, 0) is 14.3 Å². The third-order valence-electron chi connectivity index (χ3n) is 4.84. The molecule has 1 aliphatic heterocycles. The first-order chi connectivity index (χ1) is 12.3. The van der Waals surface area contributed by atoms with Gasteiger partial charge < -0.3 is 14.7 Å². The topological polar surface area (TPSA) is 70.1 Å². The number of amides is 1. The van der Waals surface area contributed by atoms with Crippen molar-refractivity contribution in [2.45, 2.75) is 18.4 Å². The Morgan fingerprint density at radius 2 is 2.15 bits per heavy atom. The van der Waals surface area contributed by atoms with Gasteiger partial charge in [0.2, 0.25) is 5.91 Å². The molecule has 0 spiro atoms. The van der Waals surface area contributed by atoms with Crippen LogP contribution in [0.25, 0.3) is 0 Å². The molecule has 1 heterocycles. The first-order valence-electron chi connectivity index (χ1n) is 8.61. The van der Waals surface area contributed by atoms with E-state index in [0.717, 1.165) is 18.2 Å². The van der Waals surface area contributed by atoms with Crippen LogP contribution in [0.4, 0.5) is 8.78 Å². The molecular weight excluding hydrogens is 346 g/mol. The van der Waals surface area contributed by atoms with E-state index in [1.54, 1.807) is 16.8 Å². The van der Waals surface area contributed by atoms with Gasteiger partial charge in [0.1, 0.15) is 11.6 Å². The lowest BCUT2D eigenvalue weighted by molar-refractivity contribution is -0.143. The zero-order valence-corrected chi connectivity index (χ0v) is 14.5. The average molecular weight is 368 g/mol. The van der Waals surface area contributed by atoms with Gasteiger partial charge >= 0.3 is 5.97 Å². The number of rotatable bonds is 6. The zero-order valence-electron chi connectivity index (χ0n) is 14.5. The Kier molecular flexibility index (Phi) is 5.52. The predicted octanol–water partition coefficient (Wildman–Crippen LogP) is 1.31. The van der Waals surface area contributed by atoms with Crippen LogP contribution >= 0.6 is 0 Å². The van der Waals surface area contributed by atoms with E-state index in [4.69, 9.17) is 9.84 Å². The number of halogens is 2. The smallest absolute Gasteiger partial charge is 0.317 e. The highest BCUT2D eigenvalue weighted by atomic mass is 19.1. The van der Waals surface area contributed by atoms with E-state index in [2.05, 4.69) is 0 Å². The van der Waals surface area contributed by atoms with E-state index in [9.17, 15) is 18.4 Å². The second kappa shape index (κ2) is 7.67. The second-order valence-electron chi connectivity index (χ2n) is 6.98. The molecule has 1 amide bonds. The third kappa shape index (κ3) is 4.37. The number of morpholine rings is 1. The summed E-state index contributed by atoms with van der Waals surface area (Å²) >= 11 is 0. The third-order valence-corrected chi connectivity index (χ3v) is 4.84. The maximum atomic E-state index is 13.9. The van der Waals surface area contributed by atoms with Gasteiger partial charge in [0.15, 0.2) is 0 Å². The second-order valence-corrected chi connectivity index (χ2v) is 6.98. The Labute approximate surface area is 150 Å². The highest BCUT2D eigenvalue weighted by molar-refractivity contribution is 5.83. The zero-order chi connectivity index (χ0) is 18.8. The van der Waals surface area contributed by atoms with Crippen LogP contribution in [0.5, 0.6) is 0 Å². The average Bonchev–Trinajstić information content (AvgIpc) is 3.36. The van der Waals surface area contributed by atoms with Crippen LogP contribution in [0.3, 0.4) is 0 Å². The number of aliphatic carboxylic acids is 1. The van der Waals surface area contributed by atoms with Crippen molar-refractivity contribution in [1.82, 2.24) is 9.80 Å².